The Morgan fingerprint density at radius 3 is 2.69 bits per heavy atom. The Morgan fingerprint density at radius 2 is 2.00 bits per heavy atom. The van der Waals surface area contributed by atoms with Gasteiger partial charge in [0, 0.05) is 5.56 Å². The quantitative estimate of drug-likeness (QED) is 0.715. The molecule has 0 aromatic heterocycles. The molecular weight excluding hydrogens is 234 g/mol. The molecule has 0 atom stereocenters. The van der Waals surface area contributed by atoms with Crippen molar-refractivity contribution in [1.29, 1.82) is 0 Å². The number of hydrogen-bond donors (Lipinski definition) is 1. The zero-order chi connectivity index (χ0) is 11.8. The van der Waals surface area contributed by atoms with Gasteiger partial charge in [-0.25, -0.2) is 0 Å². The van der Waals surface area contributed by atoms with Gasteiger partial charge in [-0.15, -0.1) is 0 Å². The minimum absolute atomic E-state index is 0.0918. The highest BCUT2D eigenvalue weighted by Gasteiger charge is 2.23. The molecule has 0 saturated carbocycles. The third-order valence-electron chi connectivity index (χ3n) is 2.00. The number of fused-ring (bicyclic) bond motifs is 1. The molecule has 7 heteroatoms. The van der Waals surface area contributed by atoms with E-state index in [4.69, 9.17) is 4.55 Å². The predicted molar refractivity (Wildman–Crippen MR) is 54.3 cm³/mol. The van der Waals surface area contributed by atoms with Crippen molar-refractivity contribution in [3.05, 3.63) is 35.4 Å². The largest absolute Gasteiger partial charge is 0.448 e. The maximum absolute atomic E-state index is 11.2. The Hall–Kier alpha value is -1.73. The zero-order valence-corrected chi connectivity index (χ0v) is 8.77. The van der Waals surface area contributed by atoms with E-state index in [0.717, 1.165) is 0 Å². The number of amides is 1. The van der Waals surface area contributed by atoms with Crippen LogP contribution in [0.4, 0.5) is 0 Å². The summed E-state index contributed by atoms with van der Waals surface area (Å²) in [5, 5.41) is 0. The summed E-state index contributed by atoms with van der Waals surface area (Å²) in [6.45, 7) is 0. The molecule has 0 bridgehead atoms. The van der Waals surface area contributed by atoms with E-state index in [1.807, 2.05) is 0 Å². The summed E-state index contributed by atoms with van der Waals surface area (Å²) in [4.78, 5) is 14.6. The predicted octanol–water partition coefficient (Wildman–Crippen LogP) is 0.335. The lowest BCUT2D eigenvalue weighted by Gasteiger charge is -2.13. The van der Waals surface area contributed by atoms with Crippen LogP contribution in [0.25, 0.3) is 0 Å². The maximum Gasteiger partial charge on any atom is 0.448 e. The molecule has 0 saturated heterocycles. The lowest BCUT2D eigenvalue weighted by molar-refractivity contribution is -0.117. The van der Waals surface area contributed by atoms with Crippen molar-refractivity contribution in [2.45, 2.75) is 6.42 Å². The summed E-state index contributed by atoms with van der Waals surface area (Å²) in [5.41, 5.74) is 1.00. The van der Waals surface area contributed by atoms with Gasteiger partial charge in [-0.2, -0.15) is 13.4 Å². The number of benzene rings is 1. The van der Waals surface area contributed by atoms with Crippen molar-refractivity contribution >= 4 is 22.2 Å². The van der Waals surface area contributed by atoms with Crippen LogP contribution in [0.1, 0.15) is 11.1 Å². The van der Waals surface area contributed by atoms with Crippen LogP contribution in [0.5, 0.6) is 0 Å². The maximum atomic E-state index is 11.2. The molecule has 1 N–H and O–H groups in total. The van der Waals surface area contributed by atoms with Crippen molar-refractivity contribution in [3.63, 3.8) is 0 Å². The average molecular weight is 241 g/mol. The summed E-state index contributed by atoms with van der Waals surface area (Å²) in [6, 6.07) is 6.58. The van der Waals surface area contributed by atoms with Gasteiger partial charge < -0.3 is 4.18 Å². The fraction of sp³-hybridized carbons (Fsp3) is 0.111. The van der Waals surface area contributed by atoms with Gasteiger partial charge in [0.05, 0.1) is 6.42 Å². The van der Waals surface area contributed by atoms with Crippen molar-refractivity contribution in [2.24, 2.45) is 4.99 Å². The number of hydrogen-bond acceptors (Lipinski definition) is 4. The molecule has 0 radical (unpaired) electrons. The highest BCUT2D eigenvalue weighted by Crippen LogP contribution is 2.17. The highest BCUT2D eigenvalue weighted by atomic mass is 32.3. The van der Waals surface area contributed by atoms with Crippen molar-refractivity contribution < 1.29 is 21.9 Å². The van der Waals surface area contributed by atoms with Gasteiger partial charge in [0.25, 0.3) is 5.91 Å². The number of rotatable bonds is 1. The summed E-state index contributed by atoms with van der Waals surface area (Å²) < 4.78 is 33.9. The smallest absolute Gasteiger partial charge is 0.340 e. The van der Waals surface area contributed by atoms with Gasteiger partial charge in [-0.1, -0.05) is 18.2 Å². The molecule has 0 spiro atoms. The van der Waals surface area contributed by atoms with Crippen LogP contribution in [0, 0.1) is 0 Å². The molecule has 0 unspecified atom stereocenters. The standard InChI is InChI=1S/C9H7NO5S/c11-8-5-6-3-1-2-4-7(6)9(10-8)15-16(12,13)14/h1-4H,5H2,(H,12,13,14). The molecule has 16 heavy (non-hydrogen) atoms. The Kier molecular flexibility index (Phi) is 2.49. The van der Waals surface area contributed by atoms with E-state index in [1.165, 1.54) is 0 Å². The SMILES string of the molecule is O=C1Cc2ccccc2C(OS(=O)(=O)O)=N1. The molecule has 1 amide bonds. The van der Waals surface area contributed by atoms with E-state index < -0.39 is 22.2 Å². The van der Waals surface area contributed by atoms with Gasteiger partial charge in [0.15, 0.2) is 0 Å². The van der Waals surface area contributed by atoms with Gasteiger partial charge in [0.2, 0.25) is 5.90 Å². The normalized spacial score (nSPS) is 15.3. The topological polar surface area (TPSA) is 93.0 Å². The fourth-order valence-electron chi connectivity index (χ4n) is 1.42. The van der Waals surface area contributed by atoms with E-state index in [0.29, 0.717) is 11.1 Å². The first-order valence-corrected chi connectivity index (χ1v) is 5.69. The monoisotopic (exact) mass is 241 g/mol. The number of aliphatic imine (C=N–C) groups is 1. The summed E-state index contributed by atoms with van der Waals surface area (Å²) in [5.74, 6) is -0.910. The third kappa shape index (κ3) is 2.26. The van der Waals surface area contributed by atoms with Crippen molar-refractivity contribution in [1.82, 2.24) is 0 Å². The van der Waals surface area contributed by atoms with E-state index in [1.54, 1.807) is 24.3 Å². The van der Waals surface area contributed by atoms with E-state index in [9.17, 15) is 13.2 Å². The molecule has 1 aromatic carbocycles. The molecule has 1 aromatic rings. The van der Waals surface area contributed by atoms with Crippen LogP contribution in [0.15, 0.2) is 29.3 Å². The van der Waals surface area contributed by atoms with Crippen LogP contribution in [-0.4, -0.2) is 24.8 Å². The number of carbonyl (C=O) groups excluding carboxylic acids is 1. The van der Waals surface area contributed by atoms with E-state index >= 15 is 0 Å². The lowest BCUT2D eigenvalue weighted by Crippen LogP contribution is -2.21. The molecule has 84 valence electrons. The van der Waals surface area contributed by atoms with Gasteiger partial charge in [0.1, 0.15) is 0 Å². The van der Waals surface area contributed by atoms with Crippen LogP contribution in [-0.2, 0) is 25.8 Å². The Labute approximate surface area is 91.5 Å². The first-order valence-electron chi connectivity index (χ1n) is 4.32. The first-order chi connectivity index (χ1) is 7.46. The summed E-state index contributed by atoms with van der Waals surface area (Å²) in [7, 11) is -4.67. The first kappa shape index (κ1) is 10.8. The second-order valence-electron chi connectivity index (χ2n) is 3.16. The summed E-state index contributed by atoms with van der Waals surface area (Å²) in [6.07, 6.45) is 0.0918. The van der Waals surface area contributed by atoms with Crippen LogP contribution >= 0.6 is 0 Å². The molecule has 1 heterocycles. The summed E-state index contributed by atoms with van der Waals surface area (Å²) >= 11 is 0. The fourth-order valence-corrected chi connectivity index (χ4v) is 1.75. The Bertz CT molecular complexity index is 575. The van der Waals surface area contributed by atoms with Crippen LogP contribution < -0.4 is 0 Å². The molecule has 0 aliphatic carbocycles. The second-order valence-corrected chi connectivity index (χ2v) is 4.18. The van der Waals surface area contributed by atoms with Gasteiger partial charge in [-0.3, -0.25) is 9.35 Å². The van der Waals surface area contributed by atoms with Crippen LogP contribution in [0.2, 0.25) is 0 Å². The zero-order valence-electron chi connectivity index (χ0n) is 7.95. The molecule has 1 aliphatic heterocycles. The average Bonchev–Trinajstić information content (AvgIpc) is 2.14. The molecular formula is C9H7NO5S. The van der Waals surface area contributed by atoms with Gasteiger partial charge in [-0.05, 0) is 11.6 Å². The Balaban J connectivity index is 2.48. The molecule has 1 aliphatic rings. The Morgan fingerprint density at radius 1 is 1.31 bits per heavy atom. The van der Waals surface area contributed by atoms with E-state index in [-0.39, 0.29) is 6.42 Å². The molecule has 2 rings (SSSR count). The number of carbonyl (C=O) groups is 1. The third-order valence-corrected chi connectivity index (χ3v) is 2.37. The highest BCUT2D eigenvalue weighted by molar-refractivity contribution is 7.81. The van der Waals surface area contributed by atoms with Gasteiger partial charge >= 0.3 is 10.4 Å². The molecule has 6 nitrogen and oxygen atoms in total. The minimum Gasteiger partial charge on any atom is -0.340 e. The van der Waals surface area contributed by atoms with Crippen molar-refractivity contribution in [2.75, 3.05) is 0 Å². The van der Waals surface area contributed by atoms with Crippen molar-refractivity contribution in [3.8, 4) is 0 Å². The lowest BCUT2D eigenvalue weighted by atomic mass is 10.0. The van der Waals surface area contributed by atoms with Crippen LogP contribution in [0.3, 0.4) is 0 Å². The minimum atomic E-state index is -4.67. The second kappa shape index (κ2) is 3.69. The number of nitrogens with zero attached hydrogens (tertiary/aromatic N) is 1. The van der Waals surface area contributed by atoms with E-state index in [2.05, 4.69) is 9.18 Å². The molecule has 0 fully saturated rings.